The van der Waals surface area contributed by atoms with Crippen molar-refractivity contribution in [2.75, 3.05) is 25.9 Å². The van der Waals surface area contributed by atoms with Crippen LogP contribution in [-0.4, -0.2) is 39.2 Å². The van der Waals surface area contributed by atoms with Gasteiger partial charge in [-0.3, -0.25) is 4.90 Å². The van der Waals surface area contributed by atoms with E-state index in [1.54, 1.807) is 0 Å². The molecule has 0 bridgehead atoms. The van der Waals surface area contributed by atoms with Gasteiger partial charge in [-0.05, 0) is 38.3 Å². The van der Waals surface area contributed by atoms with Crippen LogP contribution in [0.25, 0.3) is 0 Å². The second kappa shape index (κ2) is 7.02. The Labute approximate surface area is 130 Å². The van der Waals surface area contributed by atoms with Gasteiger partial charge >= 0.3 is 0 Å². The van der Waals surface area contributed by atoms with Gasteiger partial charge in [-0.2, -0.15) is 0 Å². The summed E-state index contributed by atoms with van der Waals surface area (Å²) in [6.07, 6.45) is 3.02. The molecule has 1 aliphatic heterocycles. The average molecular weight is 332 g/mol. The molecule has 1 N–H and O–H groups in total. The molecule has 4 nitrogen and oxygen atoms in total. The summed E-state index contributed by atoms with van der Waals surface area (Å²) in [6.45, 7) is 3.81. The normalized spacial score (nSPS) is 21.7. The van der Waals surface area contributed by atoms with Crippen molar-refractivity contribution in [3.05, 3.63) is 35.4 Å². The van der Waals surface area contributed by atoms with Gasteiger partial charge in [0, 0.05) is 30.8 Å². The Balaban J connectivity index is 2.02. The largest absolute Gasteiger partial charge is 0.296 e. The maximum Gasteiger partial charge on any atom is 0.208 e. The zero-order valence-electron chi connectivity index (χ0n) is 12.9. The molecule has 2 atom stereocenters. The molecule has 1 aromatic carbocycles. The van der Waals surface area contributed by atoms with Crippen molar-refractivity contribution in [2.45, 2.75) is 25.8 Å². The summed E-state index contributed by atoms with van der Waals surface area (Å²) in [5.41, 5.74) is 0.470. The number of rotatable bonds is 5. The number of benzene rings is 1. The number of hydrogen-bond acceptors (Lipinski definition) is 3. The molecule has 0 aliphatic carbocycles. The minimum Gasteiger partial charge on any atom is -0.296 e. The molecule has 124 valence electrons. The molecule has 0 saturated carbocycles. The Morgan fingerprint density at radius 3 is 2.77 bits per heavy atom. The number of nitrogens with zero attached hydrogens (tertiary/aromatic N) is 1. The monoisotopic (exact) mass is 332 g/mol. The molecule has 0 aromatic heterocycles. The molecule has 0 radical (unpaired) electrons. The summed E-state index contributed by atoms with van der Waals surface area (Å²) in [4.78, 5) is 2.12. The van der Waals surface area contributed by atoms with E-state index in [4.69, 9.17) is 0 Å². The molecular formula is C15H22F2N2O2S. The predicted molar refractivity (Wildman–Crippen MR) is 81.9 cm³/mol. The summed E-state index contributed by atoms with van der Waals surface area (Å²) in [5.74, 6) is -0.916. The van der Waals surface area contributed by atoms with Crippen molar-refractivity contribution in [2.24, 2.45) is 5.92 Å². The number of likely N-dealkylation sites (tertiary alicyclic amines) is 1. The van der Waals surface area contributed by atoms with Crippen molar-refractivity contribution >= 4 is 10.0 Å². The molecular weight excluding hydrogens is 310 g/mol. The lowest BCUT2D eigenvalue weighted by Crippen LogP contribution is -2.41. The van der Waals surface area contributed by atoms with Gasteiger partial charge in [0.1, 0.15) is 11.6 Å². The van der Waals surface area contributed by atoms with Crippen molar-refractivity contribution in [3.63, 3.8) is 0 Å². The first kappa shape index (κ1) is 17.3. The van der Waals surface area contributed by atoms with E-state index in [-0.39, 0.29) is 12.0 Å². The zero-order valence-corrected chi connectivity index (χ0v) is 13.7. The van der Waals surface area contributed by atoms with Gasteiger partial charge < -0.3 is 0 Å². The minimum absolute atomic E-state index is 0.165. The Hall–Kier alpha value is -1.05. The number of halogens is 2. The molecule has 1 saturated heterocycles. The van der Waals surface area contributed by atoms with E-state index in [9.17, 15) is 17.2 Å². The van der Waals surface area contributed by atoms with Gasteiger partial charge in [0.05, 0.1) is 6.26 Å². The Morgan fingerprint density at radius 2 is 2.14 bits per heavy atom. The van der Waals surface area contributed by atoms with Gasteiger partial charge in [0.2, 0.25) is 10.0 Å². The molecule has 1 aliphatic rings. The fraction of sp³-hybridized carbons (Fsp3) is 0.600. The van der Waals surface area contributed by atoms with Gasteiger partial charge in [-0.15, -0.1) is 0 Å². The zero-order chi connectivity index (χ0) is 16.3. The van der Waals surface area contributed by atoms with Crippen LogP contribution in [0.4, 0.5) is 8.78 Å². The summed E-state index contributed by atoms with van der Waals surface area (Å²) in [5, 5.41) is 0. The van der Waals surface area contributed by atoms with Crippen LogP contribution in [-0.2, 0) is 10.0 Å². The summed E-state index contributed by atoms with van der Waals surface area (Å²) in [6, 6.07) is 3.48. The summed E-state index contributed by atoms with van der Waals surface area (Å²) in [7, 11) is -3.20. The van der Waals surface area contributed by atoms with E-state index in [1.807, 2.05) is 6.92 Å². The second-order valence-corrected chi connectivity index (χ2v) is 7.80. The average Bonchev–Trinajstić information content (AvgIpc) is 2.44. The van der Waals surface area contributed by atoms with E-state index in [0.29, 0.717) is 18.7 Å². The first-order valence-corrected chi connectivity index (χ1v) is 9.29. The van der Waals surface area contributed by atoms with Gasteiger partial charge in [0.25, 0.3) is 0 Å². The first-order valence-electron chi connectivity index (χ1n) is 7.40. The van der Waals surface area contributed by atoms with Crippen LogP contribution in [0.1, 0.15) is 31.4 Å². The highest BCUT2D eigenvalue weighted by Crippen LogP contribution is 2.28. The number of sulfonamides is 1. The molecule has 2 rings (SSSR count). The third kappa shape index (κ3) is 4.72. The van der Waals surface area contributed by atoms with Crippen molar-refractivity contribution < 1.29 is 17.2 Å². The van der Waals surface area contributed by atoms with Crippen LogP contribution >= 0.6 is 0 Å². The lowest BCUT2D eigenvalue weighted by Gasteiger charge is -2.37. The van der Waals surface area contributed by atoms with Crippen LogP contribution in [0.2, 0.25) is 0 Å². The first-order chi connectivity index (χ1) is 10.3. The molecule has 0 spiro atoms. The number of hydrogen-bond donors (Lipinski definition) is 1. The maximum atomic E-state index is 13.9. The fourth-order valence-electron chi connectivity index (χ4n) is 2.92. The molecule has 0 unspecified atom stereocenters. The molecule has 7 heteroatoms. The van der Waals surface area contributed by atoms with Crippen LogP contribution in [0.15, 0.2) is 18.2 Å². The highest BCUT2D eigenvalue weighted by Gasteiger charge is 2.26. The second-order valence-electron chi connectivity index (χ2n) is 5.97. The Kier molecular flexibility index (Phi) is 5.52. The highest BCUT2D eigenvalue weighted by atomic mass is 32.2. The van der Waals surface area contributed by atoms with Crippen LogP contribution in [0.5, 0.6) is 0 Å². The van der Waals surface area contributed by atoms with E-state index < -0.39 is 21.7 Å². The highest BCUT2D eigenvalue weighted by molar-refractivity contribution is 7.88. The topological polar surface area (TPSA) is 49.4 Å². The Morgan fingerprint density at radius 1 is 1.41 bits per heavy atom. The Bertz CT molecular complexity index is 622. The number of nitrogens with one attached hydrogen (secondary N) is 1. The van der Waals surface area contributed by atoms with Crippen LogP contribution in [0.3, 0.4) is 0 Å². The predicted octanol–water partition coefficient (Wildman–Crippen LogP) is 2.29. The maximum absolute atomic E-state index is 13.9. The van der Waals surface area contributed by atoms with Crippen molar-refractivity contribution in [3.8, 4) is 0 Å². The van der Waals surface area contributed by atoms with E-state index in [0.717, 1.165) is 31.7 Å². The van der Waals surface area contributed by atoms with Gasteiger partial charge in [-0.25, -0.2) is 21.9 Å². The molecule has 1 aromatic rings. The summed E-state index contributed by atoms with van der Waals surface area (Å²) >= 11 is 0. The molecule has 0 amide bonds. The molecule has 1 heterocycles. The van der Waals surface area contributed by atoms with E-state index >= 15 is 0 Å². The third-order valence-corrected chi connectivity index (χ3v) is 4.84. The third-order valence-electron chi connectivity index (χ3n) is 4.14. The SMILES string of the molecule is C[C@@H](c1ccc(F)cc1F)N1CCC[C@H](CNS(C)(=O)=O)C1. The molecule has 1 fully saturated rings. The van der Waals surface area contributed by atoms with E-state index in [1.165, 1.54) is 12.1 Å². The lowest BCUT2D eigenvalue weighted by molar-refractivity contribution is 0.131. The smallest absolute Gasteiger partial charge is 0.208 e. The quantitative estimate of drug-likeness (QED) is 0.900. The van der Waals surface area contributed by atoms with Crippen LogP contribution in [0, 0.1) is 17.6 Å². The van der Waals surface area contributed by atoms with Crippen LogP contribution < -0.4 is 4.72 Å². The van der Waals surface area contributed by atoms with Crippen molar-refractivity contribution in [1.82, 2.24) is 9.62 Å². The fourth-order valence-corrected chi connectivity index (χ4v) is 3.46. The lowest BCUT2D eigenvalue weighted by atomic mass is 9.95. The van der Waals surface area contributed by atoms with Crippen molar-refractivity contribution in [1.29, 1.82) is 0 Å². The van der Waals surface area contributed by atoms with Gasteiger partial charge in [-0.1, -0.05) is 6.07 Å². The summed E-state index contributed by atoms with van der Waals surface area (Å²) < 4.78 is 51.8. The van der Waals surface area contributed by atoms with Gasteiger partial charge in [0.15, 0.2) is 0 Å². The standard InChI is InChI=1S/C15H22F2N2O2S/c1-11(14-6-5-13(16)8-15(14)17)19-7-3-4-12(10-19)9-18-22(2,20)21/h5-6,8,11-12,18H,3-4,7,9-10H2,1-2H3/t11-,12+/m0/s1. The minimum atomic E-state index is -3.20. The number of piperidine rings is 1. The molecule has 22 heavy (non-hydrogen) atoms. The van der Waals surface area contributed by atoms with E-state index in [2.05, 4.69) is 9.62 Å².